The molecule has 0 heterocycles. The SMILES string of the molecule is COc1cc(F)ccc1-c1c(C(N)=NO)cc(Br)cc1-c1ccc(O)cc1.COc1ccccc1-c1c(C(N)=NO)cc(Br)cc1-c1ccc(O)cc1. The molecule has 13 heteroatoms. The molecule has 0 aliphatic carbocycles. The third-order valence-corrected chi connectivity index (χ3v) is 9.06. The van der Waals surface area contributed by atoms with Crippen molar-refractivity contribution in [1.82, 2.24) is 0 Å². The normalized spacial score (nSPS) is 11.4. The van der Waals surface area contributed by atoms with E-state index in [0.29, 0.717) is 38.2 Å². The third kappa shape index (κ3) is 8.54. The number of methoxy groups -OCH3 is 2. The fourth-order valence-corrected chi connectivity index (χ4v) is 6.68. The van der Waals surface area contributed by atoms with Crippen molar-refractivity contribution >= 4 is 43.5 Å². The summed E-state index contributed by atoms with van der Waals surface area (Å²) in [4.78, 5) is 0. The lowest BCUT2D eigenvalue weighted by Crippen LogP contribution is -2.15. The van der Waals surface area contributed by atoms with Crippen molar-refractivity contribution in [1.29, 1.82) is 0 Å². The number of amidine groups is 2. The smallest absolute Gasteiger partial charge is 0.170 e. The lowest BCUT2D eigenvalue weighted by molar-refractivity contribution is 0.318. The molecule has 0 unspecified atom stereocenters. The van der Waals surface area contributed by atoms with E-state index in [-0.39, 0.29) is 23.2 Å². The predicted molar refractivity (Wildman–Crippen MR) is 211 cm³/mol. The summed E-state index contributed by atoms with van der Waals surface area (Å²) < 4.78 is 26.1. The topological polar surface area (TPSA) is 176 Å². The van der Waals surface area contributed by atoms with Crippen molar-refractivity contribution in [2.24, 2.45) is 21.8 Å². The Kier molecular flexibility index (Phi) is 12.2. The van der Waals surface area contributed by atoms with Gasteiger partial charge >= 0.3 is 0 Å². The molecule has 0 saturated heterocycles. The Labute approximate surface area is 321 Å². The number of rotatable bonds is 8. The summed E-state index contributed by atoms with van der Waals surface area (Å²) in [6, 6.07) is 32.5. The van der Waals surface area contributed by atoms with Gasteiger partial charge in [-0.15, -0.1) is 0 Å². The Hall–Kier alpha value is -6.05. The fourth-order valence-electron chi connectivity index (χ4n) is 5.77. The lowest BCUT2D eigenvalue weighted by atomic mass is 9.89. The Bertz CT molecular complexity index is 2320. The molecular weight excluding hydrogens is 811 g/mol. The number of halogens is 3. The maximum absolute atomic E-state index is 13.7. The Balaban J connectivity index is 0.000000204. The minimum Gasteiger partial charge on any atom is -0.508 e. The molecule has 0 aliphatic heterocycles. The molecule has 8 N–H and O–H groups in total. The van der Waals surface area contributed by atoms with Crippen LogP contribution in [0.15, 0.2) is 135 Å². The van der Waals surface area contributed by atoms with Crippen molar-refractivity contribution in [2.45, 2.75) is 0 Å². The van der Waals surface area contributed by atoms with E-state index in [1.165, 1.54) is 19.2 Å². The zero-order valence-electron chi connectivity index (χ0n) is 28.3. The van der Waals surface area contributed by atoms with Crippen LogP contribution in [0.3, 0.4) is 0 Å². The Morgan fingerprint density at radius 2 is 1.00 bits per heavy atom. The van der Waals surface area contributed by atoms with E-state index in [4.69, 9.17) is 20.9 Å². The van der Waals surface area contributed by atoms with Crippen LogP contribution in [0.4, 0.5) is 4.39 Å². The summed E-state index contributed by atoms with van der Waals surface area (Å²) in [5.41, 5.74) is 18.9. The number of phenols is 2. The standard InChI is InChI=1S/C20H16BrFN2O3.C20H17BrN2O3/c1-27-18-10-13(22)4-7-15(18)19-16(11-2-5-14(25)6-3-11)8-12(21)9-17(19)20(23)24-26;1-26-18-5-3-2-4-15(18)19-16(12-6-8-14(24)9-7-12)10-13(21)11-17(19)20(22)23-25/h2-10,25-26H,1H3,(H2,23,24);2-11,24-25H,1H3,(H2,22,23). The van der Waals surface area contributed by atoms with Crippen LogP contribution in [0.2, 0.25) is 0 Å². The first-order valence-corrected chi connectivity index (χ1v) is 17.3. The number of oxime groups is 2. The van der Waals surface area contributed by atoms with Gasteiger partial charge in [0.25, 0.3) is 0 Å². The molecule has 0 bridgehead atoms. The molecule has 0 fully saturated rings. The highest BCUT2D eigenvalue weighted by atomic mass is 79.9. The number of benzene rings is 6. The number of hydrogen-bond acceptors (Lipinski definition) is 8. The molecule has 0 aliphatic rings. The maximum Gasteiger partial charge on any atom is 0.170 e. The summed E-state index contributed by atoms with van der Waals surface area (Å²) >= 11 is 6.94. The van der Waals surface area contributed by atoms with Crippen molar-refractivity contribution in [3.05, 3.63) is 141 Å². The van der Waals surface area contributed by atoms with Crippen molar-refractivity contribution in [3.8, 4) is 67.5 Å². The molecule has 0 radical (unpaired) electrons. The zero-order valence-corrected chi connectivity index (χ0v) is 31.4. The van der Waals surface area contributed by atoms with Gasteiger partial charge in [0, 0.05) is 48.4 Å². The van der Waals surface area contributed by atoms with Gasteiger partial charge in [-0.2, -0.15) is 0 Å². The number of aromatic hydroxyl groups is 2. The van der Waals surface area contributed by atoms with Crippen LogP contribution in [0.5, 0.6) is 23.0 Å². The van der Waals surface area contributed by atoms with Crippen LogP contribution in [-0.4, -0.2) is 46.5 Å². The first kappa shape index (κ1) is 38.2. The highest BCUT2D eigenvalue weighted by Gasteiger charge is 2.22. The molecule has 0 aromatic heterocycles. The van der Waals surface area contributed by atoms with Gasteiger partial charge in [-0.3, -0.25) is 0 Å². The van der Waals surface area contributed by atoms with Gasteiger partial charge in [-0.1, -0.05) is 84.6 Å². The van der Waals surface area contributed by atoms with Crippen LogP contribution in [-0.2, 0) is 0 Å². The first-order valence-electron chi connectivity index (χ1n) is 15.7. The number of nitrogens with zero attached hydrogens (tertiary/aromatic N) is 2. The molecule has 0 saturated carbocycles. The maximum atomic E-state index is 13.7. The zero-order chi connectivity index (χ0) is 38.2. The molecule has 6 aromatic carbocycles. The van der Waals surface area contributed by atoms with Gasteiger partial charge in [0.15, 0.2) is 11.7 Å². The molecule has 53 heavy (non-hydrogen) atoms. The number of hydrogen-bond donors (Lipinski definition) is 6. The summed E-state index contributed by atoms with van der Waals surface area (Å²) in [7, 11) is 3.04. The number of phenolic OH excluding ortho intramolecular Hbond substituents is 2. The predicted octanol–water partition coefficient (Wildman–Crippen LogP) is 9.32. The number of para-hydroxylation sites is 1. The third-order valence-electron chi connectivity index (χ3n) is 8.14. The molecule has 6 rings (SSSR count). The van der Waals surface area contributed by atoms with E-state index in [9.17, 15) is 25.0 Å². The highest BCUT2D eigenvalue weighted by Crippen LogP contribution is 2.43. The second-order valence-electron chi connectivity index (χ2n) is 11.4. The van der Waals surface area contributed by atoms with Crippen LogP contribution in [0.1, 0.15) is 11.1 Å². The molecule has 10 nitrogen and oxygen atoms in total. The monoisotopic (exact) mass is 842 g/mol. The van der Waals surface area contributed by atoms with Gasteiger partial charge in [0.1, 0.15) is 28.8 Å². The second-order valence-corrected chi connectivity index (χ2v) is 13.2. The van der Waals surface area contributed by atoms with Gasteiger partial charge in [0.05, 0.1) is 14.2 Å². The molecule has 0 amide bonds. The molecule has 0 spiro atoms. The minimum atomic E-state index is -0.441. The van der Waals surface area contributed by atoms with Crippen molar-refractivity contribution in [2.75, 3.05) is 14.2 Å². The van der Waals surface area contributed by atoms with Gasteiger partial charge < -0.3 is 41.6 Å². The van der Waals surface area contributed by atoms with E-state index in [1.807, 2.05) is 48.5 Å². The van der Waals surface area contributed by atoms with Crippen molar-refractivity contribution < 1.29 is 34.5 Å². The average Bonchev–Trinajstić information content (AvgIpc) is 3.17. The van der Waals surface area contributed by atoms with E-state index in [2.05, 4.69) is 42.2 Å². The van der Waals surface area contributed by atoms with Crippen molar-refractivity contribution in [3.63, 3.8) is 0 Å². The van der Waals surface area contributed by atoms with E-state index in [1.54, 1.807) is 61.7 Å². The molecule has 270 valence electrons. The van der Waals surface area contributed by atoms with Crippen LogP contribution in [0, 0.1) is 5.82 Å². The lowest BCUT2D eigenvalue weighted by Gasteiger charge is -2.18. The Morgan fingerprint density at radius 3 is 1.43 bits per heavy atom. The Morgan fingerprint density at radius 1 is 0.566 bits per heavy atom. The minimum absolute atomic E-state index is 0.00719. The summed E-state index contributed by atoms with van der Waals surface area (Å²) in [6.45, 7) is 0. The van der Waals surface area contributed by atoms with Gasteiger partial charge in [0.2, 0.25) is 0 Å². The summed E-state index contributed by atoms with van der Waals surface area (Å²) in [5.74, 6) is 0.742. The van der Waals surface area contributed by atoms with E-state index >= 15 is 0 Å². The molecular formula is C40H33Br2FN4O6. The quantitative estimate of drug-likeness (QED) is 0.0380. The first-order chi connectivity index (χ1) is 25.5. The van der Waals surface area contributed by atoms with Crippen LogP contribution in [0.25, 0.3) is 44.5 Å². The molecule has 6 aromatic rings. The van der Waals surface area contributed by atoms with E-state index in [0.717, 1.165) is 37.9 Å². The molecule has 0 atom stereocenters. The largest absolute Gasteiger partial charge is 0.508 e. The fraction of sp³-hybridized carbons (Fsp3) is 0.0500. The van der Waals surface area contributed by atoms with E-state index < -0.39 is 5.82 Å². The van der Waals surface area contributed by atoms with Crippen LogP contribution < -0.4 is 20.9 Å². The number of nitrogens with two attached hydrogens (primary N) is 2. The summed E-state index contributed by atoms with van der Waals surface area (Å²) in [6.07, 6.45) is 0. The summed E-state index contributed by atoms with van der Waals surface area (Å²) in [5, 5.41) is 44.0. The van der Waals surface area contributed by atoms with Crippen LogP contribution >= 0.6 is 31.9 Å². The van der Waals surface area contributed by atoms with Gasteiger partial charge in [-0.25, -0.2) is 4.39 Å². The highest BCUT2D eigenvalue weighted by molar-refractivity contribution is 9.10. The second kappa shape index (κ2) is 17.0. The van der Waals surface area contributed by atoms with Gasteiger partial charge in [-0.05, 0) is 89.0 Å². The number of ether oxygens (including phenoxy) is 2. The average molecular weight is 845 g/mol.